The number of alkyl halides is 3. The van der Waals surface area contributed by atoms with Crippen LogP contribution in [0.15, 0.2) is 18.3 Å². The molecule has 1 atom stereocenters. The average Bonchev–Trinajstić information content (AvgIpc) is 2.98. The molecule has 1 aromatic rings. The number of hydrogen-bond donors (Lipinski definition) is 1. The third-order valence-electron chi connectivity index (χ3n) is 6.63. The van der Waals surface area contributed by atoms with Crippen molar-refractivity contribution in [3.63, 3.8) is 0 Å². The van der Waals surface area contributed by atoms with Gasteiger partial charge in [0.25, 0.3) is 0 Å². The van der Waals surface area contributed by atoms with E-state index in [1.165, 1.54) is 6.20 Å². The minimum absolute atomic E-state index is 0.130. The zero-order valence-corrected chi connectivity index (χ0v) is 15.8. The number of carbonyl (C=O) groups is 1. The Bertz CT molecular complexity index is 734. The van der Waals surface area contributed by atoms with Crippen LogP contribution in [0.25, 0.3) is 0 Å². The molecule has 0 aromatic carbocycles. The summed E-state index contributed by atoms with van der Waals surface area (Å²) in [5.41, 5.74) is -1.23. The van der Waals surface area contributed by atoms with Gasteiger partial charge in [0.05, 0.1) is 17.1 Å². The molecular weight excluding hydrogens is 371 g/mol. The van der Waals surface area contributed by atoms with Crippen LogP contribution in [-0.4, -0.2) is 52.7 Å². The van der Waals surface area contributed by atoms with Crippen molar-refractivity contribution in [3.8, 4) is 0 Å². The summed E-state index contributed by atoms with van der Waals surface area (Å²) in [7, 11) is 0. The number of amides is 1. The summed E-state index contributed by atoms with van der Waals surface area (Å²) in [5.74, 6) is 0.423. The monoisotopic (exact) mass is 397 g/mol. The molecule has 0 bridgehead atoms. The summed E-state index contributed by atoms with van der Waals surface area (Å²) < 4.78 is 39.2. The van der Waals surface area contributed by atoms with Gasteiger partial charge in [0.2, 0.25) is 5.91 Å². The fraction of sp³-hybridized carbons (Fsp3) is 0.700. The van der Waals surface area contributed by atoms with Gasteiger partial charge < -0.3 is 14.9 Å². The van der Waals surface area contributed by atoms with Crippen LogP contribution in [0, 0.1) is 5.41 Å². The molecule has 3 heterocycles. The maximum Gasteiger partial charge on any atom is 0.416 e. The number of rotatable bonds is 2. The average molecular weight is 397 g/mol. The lowest BCUT2D eigenvalue weighted by Gasteiger charge is -2.41. The fourth-order valence-electron chi connectivity index (χ4n) is 5.04. The maximum atomic E-state index is 13.3. The molecule has 1 spiro atoms. The molecule has 8 heteroatoms. The Labute approximate surface area is 162 Å². The molecule has 4 rings (SSSR count). The highest BCUT2D eigenvalue weighted by atomic mass is 19.4. The van der Waals surface area contributed by atoms with Crippen LogP contribution >= 0.6 is 0 Å². The summed E-state index contributed by atoms with van der Waals surface area (Å²) in [6.07, 6.45) is 1.88. The Hall–Kier alpha value is -1.83. The van der Waals surface area contributed by atoms with Crippen molar-refractivity contribution in [2.45, 2.75) is 63.3 Å². The van der Waals surface area contributed by atoms with Gasteiger partial charge in [-0.3, -0.25) is 4.79 Å². The molecule has 1 N–H and O–H groups in total. The van der Waals surface area contributed by atoms with Crippen molar-refractivity contribution in [2.75, 3.05) is 24.5 Å². The molecule has 1 aliphatic carbocycles. The predicted molar refractivity (Wildman–Crippen MR) is 97.7 cm³/mol. The normalized spacial score (nSPS) is 31.6. The number of aliphatic hydroxyl groups is 1. The van der Waals surface area contributed by atoms with Crippen LogP contribution in [0.3, 0.4) is 0 Å². The van der Waals surface area contributed by atoms with Crippen molar-refractivity contribution in [1.82, 2.24) is 9.88 Å². The minimum atomic E-state index is -4.41. The molecule has 0 radical (unpaired) electrons. The molecule has 2 saturated heterocycles. The van der Waals surface area contributed by atoms with Gasteiger partial charge in [0.15, 0.2) is 0 Å². The number of piperidine rings is 1. The molecule has 1 aromatic heterocycles. The summed E-state index contributed by atoms with van der Waals surface area (Å²) in [6, 6.07) is 2.24. The molecule has 3 fully saturated rings. The van der Waals surface area contributed by atoms with Crippen LogP contribution in [-0.2, 0) is 11.0 Å². The zero-order valence-electron chi connectivity index (χ0n) is 15.8. The lowest BCUT2D eigenvalue weighted by Crippen LogP contribution is -2.50. The molecule has 0 unspecified atom stereocenters. The first kappa shape index (κ1) is 19.5. The number of anilines is 1. The smallest absolute Gasteiger partial charge is 0.393 e. The minimum Gasteiger partial charge on any atom is -0.393 e. The van der Waals surface area contributed by atoms with Crippen molar-refractivity contribution in [1.29, 1.82) is 0 Å². The van der Waals surface area contributed by atoms with Gasteiger partial charge in [0.1, 0.15) is 5.82 Å². The largest absolute Gasteiger partial charge is 0.416 e. The first-order chi connectivity index (χ1) is 13.3. The summed E-state index contributed by atoms with van der Waals surface area (Å²) in [4.78, 5) is 21.3. The highest BCUT2D eigenvalue weighted by Gasteiger charge is 2.50. The number of pyridine rings is 1. The van der Waals surface area contributed by atoms with Crippen LogP contribution < -0.4 is 4.90 Å². The second-order valence-corrected chi connectivity index (χ2v) is 8.42. The number of nitrogens with zero attached hydrogens (tertiary/aromatic N) is 3. The number of halogens is 3. The molecule has 28 heavy (non-hydrogen) atoms. The van der Waals surface area contributed by atoms with E-state index in [1.54, 1.807) is 0 Å². The van der Waals surface area contributed by atoms with E-state index in [2.05, 4.69) is 4.98 Å². The van der Waals surface area contributed by atoms with E-state index < -0.39 is 17.2 Å². The molecule has 5 nitrogen and oxygen atoms in total. The molecular formula is C20H26F3N3O2. The first-order valence-electron chi connectivity index (χ1n) is 10.1. The topological polar surface area (TPSA) is 56.7 Å². The standard InChI is InChI=1S/C20H26F3N3O2/c21-20(22,23)14-6-9-24-17(12-14)25-10-1-7-19(13-25)8-11-26(18(19)28)15-2-4-16(27)5-3-15/h6,9,12,15-16,27H,1-5,7-8,10-11,13H2/t15-,16+,19-/m0/s1. The Morgan fingerprint density at radius 2 is 1.89 bits per heavy atom. The Kier molecular flexibility index (Phi) is 5.02. The van der Waals surface area contributed by atoms with Gasteiger partial charge in [0, 0.05) is 31.9 Å². The molecule has 1 amide bonds. The van der Waals surface area contributed by atoms with Gasteiger partial charge in [-0.15, -0.1) is 0 Å². The van der Waals surface area contributed by atoms with Crippen LogP contribution in [0.1, 0.15) is 50.5 Å². The molecule has 1 saturated carbocycles. The van der Waals surface area contributed by atoms with Crippen molar-refractivity contribution in [2.24, 2.45) is 5.41 Å². The van der Waals surface area contributed by atoms with E-state index >= 15 is 0 Å². The number of aromatic nitrogens is 1. The molecule has 3 aliphatic rings. The van der Waals surface area contributed by atoms with E-state index in [4.69, 9.17) is 0 Å². The molecule has 154 valence electrons. The molecule has 2 aliphatic heterocycles. The summed E-state index contributed by atoms with van der Waals surface area (Å²) in [5, 5.41) is 9.72. The third kappa shape index (κ3) is 3.58. The Morgan fingerprint density at radius 1 is 1.14 bits per heavy atom. The maximum absolute atomic E-state index is 13.3. The highest BCUT2D eigenvalue weighted by molar-refractivity contribution is 5.86. The second kappa shape index (κ2) is 7.21. The van der Waals surface area contributed by atoms with E-state index in [0.29, 0.717) is 25.5 Å². The van der Waals surface area contributed by atoms with Gasteiger partial charge in [-0.25, -0.2) is 4.98 Å². The van der Waals surface area contributed by atoms with Crippen LogP contribution in [0.5, 0.6) is 0 Å². The summed E-state index contributed by atoms with van der Waals surface area (Å²) in [6.45, 7) is 1.73. The van der Waals surface area contributed by atoms with E-state index in [1.807, 2.05) is 9.80 Å². The number of carbonyl (C=O) groups excluding carboxylic acids is 1. The predicted octanol–water partition coefficient (Wildman–Crippen LogP) is 3.22. The van der Waals surface area contributed by atoms with Gasteiger partial charge in [-0.05, 0) is 57.1 Å². The van der Waals surface area contributed by atoms with Crippen molar-refractivity contribution >= 4 is 11.7 Å². The lowest BCUT2D eigenvalue weighted by atomic mass is 9.78. The van der Waals surface area contributed by atoms with Gasteiger partial charge in [-0.1, -0.05) is 0 Å². The fourth-order valence-corrected chi connectivity index (χ4v) is 5.04. The Morgan fingerprint density at radius 3 is 2.61 bits per heavy atom. The quantitative estimate of drug-likeness (QED) is 0.833. The van der Waals surface area contributed by atoms with E-state index in [9.17, 15) is 23.1 Å². The lowest BCUT2D eigenvalue weighted by molar-refractivity contribution is -0.139. The van der Waals surface area contributed by atoms with Gasteiger partial charge in [-0.2, -0.15) is 13.2 Å². The Balaban J connectivity index is 1.50. The number of hydrogen-bond acceptors (Lipinski definition) is 4. The van der Waals surface area contributed by atoms with Gasteiger partial charge >= 0.3 is 6.18 Å². The number of aliphatic hydroxyl groups excluding tert-OH is 1. The van der Waals surface area contributed by atoms with Crippen LogP contribution in [0.2, 0.25) is 0 Å². The zero-order chi connectivity index (χ0) is 19.9. The van der Waals surface area contributed by atoms with E-state index in [-0.39, 0.29) is 18.1 Å². The van der Waals surface area contributed by atoms with Crippen molar-refractivity contribution in [3.05, 3.63) is 23.9 Å². The second-order valence-electron chi connectivity index (χ2n) is 8.42. The van der Waals surface area contributed by atoms with Crippen molar-refractivity contribution < 1.29 is 23.1 Å². The first-order valence-corrected chi connectivity index (χ1v) is 10.1. The highest BCUT2D eigenvalue weighted by Crippen LogP contribution is 2.43. The third-order valence-corrected chi connectivity index (χ3v) is 6.63. The number of likely N-dealkylation sites (tertiary alicyclic amines) is 1. The SMILES string of the molecule is O=C1N([C@H]2CC[C@@H](O)CC2)CC[C@]12CCCN(c1cc(C(F)(F)F)ccn1)C2. The van der Waals surface area contributed by atoms with E-state index in [0.717, 1.165) is 57.1 Å². The van der Waals surface area contributed by atoms with Crippen LogP contribution in [0.4, 0.5) is 19.0 Å². The summed E-state index contributed by atoms with van der Waals surface area (Å²) >= 11 is 0.